The van der Waals surface area contributed by atoms with Gasteiger partial charge in [-0.2, -0.15) is 0 Å². The normalized spacial score (nSPS) is 15.6. The van der Waals surface area contributed by atoms with E-state index < -0.39 is 10.8 Å². The molecular formula is C22H26ClNO4S. The Balaban J connectivity index is 1.41. The highest BCUT2D eigenvalue weighted by Gasteiger charge is 2.20. The van der Waals surface area contributed by atoms with Crippen LogP contribution in [0.15, 0.2) is 48.5 Å². The van der Waals surface area contributed by atoms with E-state index >= 15 is 0 Å². The molecule has 1 unspecified atom stereocenters. The maximum absolute atomic E-state index is 12.6. The lowest BCUT2D eigenvalue weighted by Gasteiger charge is -2.21. The molecule has 1 fully saturated rings. The van der Waals surface area contributed by atoms with Crippen LogP contribution in [0.25, 0.3) is 0 Å². The summed E-state index contributed by atoms with van der Waals surface area (Å²) in [6.07, 6.45) is 2.68. The summed E-state index contributed by atoms with van der Waals surface area (Å²) in [7, 11) is -0.922. The Kier molecular flexibility index (Phi) is 8.52. The topological polar surface area (TPSA) is 64.6 Å². The number of halogens is 1. The number of nitrogens with one attached hydrogen (secondary N) is 1. The van der Waals surface area contributed by atoms with E-state index in [1.807, 2.05) is 24.3 Å². The van der Waals surface area contributed by atoms with Gasteiger partial charge in [-0.1, -0.05) is 23.7 Å². The summed E-state index contributed by atoms with van der Waals surface area (Å²) in [6.45, 7) is 1.83. The zero-order valence-corrected chi connectivity index (χ0v) is 17.8. The molecule has 1 heterocycles. The smallest absolute Gasteiger partial charge is 0.224 e. The predicted octanol–water partition coefficient (Wildman–Crippen LogP) is 4.57. The van der Waals surface area contributed by atoms with E-state index in [0.717, 1.165) is 29.8 Å². The highest BCUT2D eigenvalue weighted by atomic mass is 35.5. The van der Waals surface area contributed by atoms with E-state index in [1.165, 1.54) is 0 Å². The molecule has 0 bridgehead atoms. The Bertz CT molecular complexity index is 822. The maximum Gasteiger partial charge on any atom is 0.224 e. The fourth-order valence-electron chi connectivity index (χ4n) is 3.14. The predicted molar refractivity (Wildman–Crippen MR) is 117 cm³/mol. The van der Waals surface area contributed by atoms with Crippen molar-refractivity contribution in [2.45, 2.75) is 36.7 Å². The number of ether oxygens (including phenoxy) is 2. The molecular weight excluding hydrogens is 410 g/mol. The zero-order valence-electron chi connectivity index (χ0n) is 16.3. The molecule has 1 aliphatic heterocycles. The van der Waals surface area contributed by atoms with Crippen LogP contribution in [0.4, 0.5) is 5.69 Å². The molecule has 1 amide bonds. The monoisotopic (exact) mass is 435 g/mol. The zero-order chi connectivity index (χ0) is 20.5. The van der Waals surface area contributed by atoms with E-state index in [2.05, 4.69) is 5.32 Å². The van der Waals surface area contributed by atoms with Crippen molar-refractivity contribution in [3.63, 3.8) is 0 Å². The number of hydrogen-bond acceptors (Lipinski definition) is 4. The van der Waals surface area contributed by atoms with E-state index in [-0.39, 0.29) is 11.2 Å². The molecule has 2 aromatic rings. The molecule has 3 rings (SSSR count). The molecule has 1 aliphatic rings. The van der Waals surface area contributed by atoms with Crippen LogP contribution >= 0.6 is 11.6 Å². The second-order valence-corrected chi connectivity index (χ2v) is 9.14. The molecule has 0 spiro atoms. The average molecular weight is 436 g/mol. The molecule has 1 N–H and O–H groups in total. The Morgan fingerprint density at radius 3 is 2.69 bits per heavy atom. The van der Waals surface area contributed by atoms with E-state index in [4.69, 9.17) is 21.1 Å². The number of rotatable bonds is 9. The molecule has 0 aromatic heterocycles. The largest absolute Gasteiger partial charge is 0.494 e. The fourth-order valence-corrected chi connectivity index (χ4v) is 4.72. The molecule has 0 aliphatic carbocycles. The lowest BCUT2D eigenvalue weighted by atomic mass is 10.2. The van der Waals surface area contributed by atoms with Crippen LogP contribution in [0.3, 0.4) is 0 Å². The van der Waals surface area contributed by atoms with Crippen LogP contribution in [-0.4, -0.2) is 35.2 Å². The highest BCUT2D eigenvalue weighted by molar-refractivity contribution is 7.84. The Morgan fingerprint density at radius 2 is 1.93 bits per heavy atom. The minimum atomic E-state index is -0.922. The van der Waals surface area contributed by atoms with Crippen molar-refractivity contribution < 1.29 is 18.5 Å². The Hall–Kier alpha value is -1.89. The van der Waals surface area contributed by atoms with Crippen molar-refractivity contribution in [2.75, 3.05) is 25.1 Å². The summed E-state index contributed by atoms with van der Waals surface area (Å²) in [5.74, 6) is 1.18. The van der Waals surface area contributed by atoms with Crippen LogP contribution < -0.4 is 10.1 Å². The van der Waals surface area contributed by atoms with E-state index in [9.17, 15) is 9.00 Å². The van der Waals surface area contributed by atoms with Gasteiger partial charge in [-0.3, -0.25) is 9.00 Å². The quantitative estimate of drug-likeness (QED) is 0.586. The number of anilines is 1. The third-order valence-electron chi connectivity index (χ3n) is 4.69. The van der Waals surface area contributed by atoms with Crippen LogP contribution in [0.1, 0.15) is 31.2 Å². The second kappa shape index (κ2) is 11.3. The van der Waals surface area contributed by atoms with Crippen molar-refractivity contribution in [2.24, 2.45) is 0 Å². The van der Waals surface area contributed by atoms with Gasteiger partial charge in [0.2, 0.25) is 5.91 Å². The van der Waals surface area contributed by atoms with Gasteiger partial charge in [-0.15, -0.1) is 0 Å². The third kappa shape index (κ3) is 7.46. The van der Waals surface area contributed by atoms with Gasteiger partial charge in [0.05, 0.1) is 6.61 Å². The van der Waals surface area contributed by atoms with Gasteiger partial charge in [0.1, 0.15) is 5.75 Å². The van der Waals surface area contributed by atoms with Crippen molar-refractivity contribution in [3.8, 4) is 5.75 Å². The van der Waals surface area contributed by atoms with Gasteiger partial charge < -0.3 is 14.8 Å². The van der Waals surface area contributed by atoms with Crippen molar-refractivity contribution in [1.29, 1.82) is 0 Å². The third-order valence-corrected chi connectivity index (χ3v) is 6.78. The number of hydrogen-bond donors (Lipinski definition) is 1. The van der Waals surface area contributed by atoms with Crippen molar-refractivity contribution in [3.05, 3.63) is 59.1 Å². The molecule has 5 nitrogen and oxygen atoms in total. The Labute approximate surface area is 179 Å². The van der Waals surface area contributed by atoms with Crippen LogP contribution in [-0.2, 0) is 26.1 Å². The summed E-state index contributed by atoms with van der Waals surface area (Å²) in [5.41, 5.74) is 1.70. The standard InChI is InChI=1S/C22H26ClNO4S/c23-18-6-8-20(9-7-18)28-12-2-5-22(25)24-19-4-1-3-17(15-19)16-29(26)21-10-13-27-14-11-21/h1,3-4,6-9,15,21H,2,5,10-14,16H2,(H,24,25). The second-order valence-electron chi connectivity index (χ2n) is 6.99. The summed E-state index contributed by atoms with van der Waals surface area (Å²) < 4.78 is 23.5. The molecule has 0 saturated carbocycles. The van der Waals surface area contributed by atoms with Gasteiger partial charge >= 0.3 is 0 Å². The molecule has 0 radical (unpaired) electrons. The molecule has 2 aromatic carbocycles. The first-order chi connectivity index (χ1) is 14.1. The van der Waals surface area contributed by atoms with Gasteiger partial charge in [0.15, 0.2) is 0 Å². The summed E-state index contributed by atoms with van der Waals surface area (Å²) >= 11 is 5.84. The van der Waals surface area contributed by atoms with E-state index in [0.29, 0.717) is 43.4 Å². The van der Waals surface area contributed by atoms with Crippen LogP contribution in [0, 0.1) is 0 Å². The number of amides is 1. The lowest BCUT2D eigenvalue weighted by molar-refractivity contribution is -0.116. The fraction of sp³-hybridized carbons (Fsp3) is 0.409. The maximum atomic E-state index is 12.6. The summed E-state index contributed by atoms with van der Waals surface area (Å²) in [6, 6.07) is 14.7. The van der Waals surface area contributed by atoms with Gasteiger partial charge in [0.25, 0.3) is 0 Å². The van der Waals surface area contributed by atoms with Gasteiger partial charge in [-0.05, 0) is 61.2 Å². The molecule has 156 valence electrons. The number of benzene rings is 2. The van der Waals surface area contributed by atoms with Crippen molar-refractivity contribution in [1.82, 2.24) is 0 Å². The minimum absolute atomic E-state index is 0.0626. The molecule has 1 saturated heterocycles. The summed E-state index contributed by atoms with van der Waals surface area (Å²) in [5, 5.41) is 3.77. The number of carbonyl (C=O) groups is 1. The molecule has 29 heavy (non-hydrogen) atoms. The highest BCUT2D eigenvalue weighted by Crippen LogP contribution is 2.19. The van der Waals surface area contributed by atoms with E-state index in [1.54, 1.807) is 24.3 Å². The van der Waals surface area contributed by atoms with Gasteiger partial charge in [-0.25, -0.2) is 0 Å². The van der Waals surface area contributed by atoms with Gasteiger partial charge in [0, 0.05) is 52.1 Å². The first-order valence-electron chi connectivity index (χ1n) is 9.82. The minimum Gasteiger partial charge on any atom is -0.494 e. The SMILES string of the molecule is O=C(CCCOc1ccc(Cl)cc1)Nc1cccc(CS(=O)C2CCOCC2)c1. The first kappa shape index (κ1) is 21.8. The lowest BCUT2D eigenvalue weighted by Crippen LogP contribution is -2.25. The molecule has 1 atom stereocenters. The Morgan fingerprint density at radius 1 is 1.17 bits per heavy atom. The summed E-state index contributed by atoms with van der Waals surface area (Å²) in [4.78, 5) is 12.2. The molecule has 7 heteroatoms. The van der Waals surface area contributed by atoms with Crippen LogP contribution in [0.5, 0.6) is 5.75 Å². The average Bonchev–Trinajstić information content (AvgIpc) is 2.73. The first-order valence-corrected chi connectivity index (χ1v) is 11.6. The van der Waals surface area contributed by atoms with Crippen molar-refractivity contribution >= 4 is 34.0 Å². The van der Waals surface area contributed by atoms with Crippen LogP contribution in [0.2, 0.25) is 5.02 Å². The number of carbonyl (C=O) groups excluding carboxylic acids is 1.